The van der Waals surface area contributed by atoms with Crippen LogP contribution < -0.4 is 43.6 Å². The number of aliphatic hydroxyl groups excluding tert-OH is 2. The van der Waals surface area contributed by atoms with Crippen LogP contribution in [0.3, 0.4) is 0 Å². The number of alkyl carbamates (subject to hydrolysis) is 1. The van der Waals surface area contributed by atoms with Crippen molar-refractivity contribution in [3.05, 3.63) is 72.5 Å². The summed E-state index contributed by atoms with van der Waals surface area (Å²) in [4.78, 5) is 61.7. The molecule has 0 radical (unpaired) electrons. The van der Waals surface area contributed by atoms with Crippen LogP contribution in [0.15, 0.2) is 22.0 Å². The van der Waals surface area contributed by atoms with E-state index in [1.807, 2.05) is 25.7 Å². The number of nitrogens with one attached hydrogen (secondary N) is 2. The van der Waals surface area contributed by atoms with Crippen LogP contribution in [-0.2, 0) is 4.74 Å². The highest BCUT2D eigenvalue weighted by atomic mass is 19.2. The van der Waals surface area contributed by atoms with Gasteiger partial charge in [0.1, 0.15) is 16.7 Å². The maximum atomic E-state index is 15.6. The van der Waals surface area contributed by atoms with Crippen LogP contribution in [0, 0.1) is 55.0 Å². The number of carboxylic acid groups (broad SMARTS) is 2. The molecule has 12 N–H and O–H groups in total. The van der Waals surface area contributed by atoms with Crippen LogP contribution in [0.4, 0.5) is 35.0 Å². The molecule has 4 atom stereocenters. The van der Waals surface area contributed by atoms with Gasteiger partial charge in [-0.3, -0.25) is 9.59 Å². The summed E-state index contributed by atoms with van der Waals surface area (Å²) >= 11 is 0. The number of carbonyl (C=O) groups is 3. The molecule has 2 saturated heterocycles. The number of amides is 1. The van der Waals surface area contributed by atoms with Crippen LogP contribution in [0.1, 0.15) is 116 Å². The van der Waals surface area contributed by atoms with Gasteiger partial charge in [-0.1, -0.05) is 0 Å². The summed E-state index contributed by atoms with van der Waals surface area (Å²) in [6, 6.07) is 0.0436. The van der Waals surface area contributed by atoms with Gasteiger partial charge >= 0.3 is 18.0 Å². The molecule has 70 heavy (non-hydrogen) atoms. The topological polar surface area (TPSA) is 291 Å². The number of carbonyl (C=O) groups excluding carboxylic acids is 1. The van der Waals surface area contributed by atoms with E-state index >= 15 is 4.39 Å². The summed E-state index contributed by atoms with van der Waals surface area (Å²) in [6.45, 7) is 11.5. The molecule has 6 fully saturated rings. The molecule has 1 amide bonds. The number of anilines is 3. The zero-order valence-corrected chi connectivity index (χ0v) is 40.0. The molecule has 4 aromatic rings. The van der Waals surface area contributed by atoms with Crippen molar-refractivity contribution in [1.82, 2.24) is 19.8 Å². The Labute approximate surface area is 400 Å². The van der Waals surface area contributed by atoms with Crippen molar-refractivity contribution in [2.75, 3.05) is 55.8 Å². The van der Waals surface area contributed by atoms with Crippen LogP contribution in [0.25, 0.3) is 21.8 Å². The number of aryl methyl sites for hydroxylation is 2. The Morgan fingerprint density at radius 1 is 0.757 bits per heavy atom. The molecule has 380 valence electrons. The first-order chi connectivity index (χ1) is 32.9. The minimum Gasteiger partial charge on any atom is -0.477 e. The number of aromatic carboxylic acids is 2. The maximum absolute atomic E-state index is 15.6. The number of halogens is 3. The molecule has 2 aliphatic heterocycles. The third-order valence-electron chi connectivity index (χ3n) is 15.0. The number of pyridine rings is 2. The second kappa shape index (κ2) is 18.4. The minimum atomic E-state index is -1.42. The number of nitrogens with zero attached hydrogens (tertiary/aromatic N) is 3. The Morgan fingerprint density at radius 3 is 1.70 bits per heavy atom. The SMILES string of the molecule is CC(C)(C)OC(=O)NC1(C2CNCC2CO)CC1.Cc1c(F)c(F)c(N)c2c(=O)c(C(=O)O)cn(C3CC3)c12.Cc1c(N2CC(CO)C(C3(N)CC3)C2)c(F)c(N)c2c(=O)c(C(=O)O)cn(C3CC3)c12. The van der Waals surface area contributed by atoms with E-state index < -0.39 is 62.7 Å². The van der Waals surface area contributed by atoms with Gasteiger partial charge in [0, 0.05) is 104 Å². The third-order valence-corrected chi connectivity index (χ3v) is 15.0. The number of hydrogen-bond donors (Lipinski definition) is 9. The third kappa shape index (κ3) is 9.27. The molecular weight excluding hydrogens is 918 g/mol. The number of aliphatic hydroxyl groups is 2. The summed E-state index contributed by atoms with van der Waals surface area (Å²) in [6.07, 6.45) is 9.24. The number of benzene rings is 2. The summed E-state index contributed by atoms with van der Waals surface area (Å²) in [5, 5.41) is 43.8. The molecule has 2 aromatic heterocycles. The Morgan fingerprint density at radius 2 is 1.26 bits per heavy atom. The van der Waals surface area contributed by atoms with Crippen molar-refractivity contribution in [2.24, 2.45) is 29.4 Å². The zero-order chi connectivity index (χ0) is 51.1. The summed E-state index contributed by atoms with van der Waals surface area (Å²) in [7, 11) is 0. The number of fused-ring (bicyclic) bond motifs is 2. The fourth-order valence-electron chi connectivity index (χ4n) is 10.7. The quantitative estimate of drug-likeness (QED) is 0.0976. The van der Waals surface area contributed by atoms with Gasteiger partial charge < -0.3 is 67.0 Å². The molecule has 18 nitrogen and oxygen atoms in total. The van der Waals surface area contributed by atoms with Crippen molar-refractivity contribution in [3.63, 3.8) is 0 Å². The van der Waals surface area contributed by atoms with E-state index in [4.69, 9.17) is 27.0 Å². The van der Waals surface area contributed by atoms with Gasteiger partial charge in [0.25, 0.3) is 0 Å². The van der Waals surface area contributed by atoms with Crippen molar-refractivity contribution >= 4 is 56.9 Å². The van der Waals surface area contributed by atoms with Gasteiger partial charge in [0.2, 0.25) is 10.9 Å². The molecular formula is C49H63F3N8O10. The van der Waals surface area contributed by atoms with Gasteiger partial charge in [0.05, 0.1) is 38.9 Å². The van der Waals surface area contributed by atoms with E-state index in [0.717, 1.165) is 64.5 Å². The molecule has 2 aromatic carbocycles. The van der Waals surface area contributed by atoms with E-state index in [1.165, 1.54) is 23.9 Å². The van der Waals surface area contributed by atoms with E-state index in [-0.39, 0.29) is 87.8 Å². The lowest BCUT2D eigenvalue weighted by Crippen LogP contribution is -2.47. The highest BCUT2D eigenvalue weighted by molar-refractivity contribution is 6.02. The smallest absolute Gasteiger partial charge is 0.408 e. The monoisotopic (exact) mass is 980 g/mol. The highest BCUT2D eigenvalue weighted by Gasteiger charge is 2.55. The van der Waals surface area contributed by atoms with Gasteiger partial charge in [0.15, 0.2) is 17.5 Å². The van der Waals surface area contributed by atoms with Crippen LogP contribution in [0.5, 0.6) is 0 Å². The van der Waals surface area contributed by atoms with Gasteiger partial charge in [-0.2, -0.15) is 0 Å². The highest BCUT2D eigenvalue weighted by Crippen LogP contribution is 2.50. The van der Waals surface area contributed by atoms with Gasteiger partial charge in [-0.15, -0.1) is 0 Å². The molecule has 4 heterocycles. The maximum Gasteiger partial charge on any atom is 0.408 e. The Bertz CT molecular complexity index is 2920. The predicted octanol–water partition coefficient (Wildman–Crippen LogP) is 4.68. The number of carboxylic acids is 2. The fraction of sp³-hybridized carbons (Fsp3) is 0.571. The lowest BCUT2D eigenvalue weighted by atomic mass is 9.87. The average Bonchev–Trinajstić information content (AvgIpc) is 4.12. The van der Waals surface area contributed by atoms with E-state index in [1.54, 1.807) is 11.5 Å². The largest absolute Gasteiger partial charge is 0.477 e. The first kappa shape index (κ1) is 50.5. The van der Waals surface area contributed by atoms with Crippen LogP contribution in [-0.4, -0.2) is 104 Å². The van der Waals surface area contributed by atoms with E-state index in [2.05, 4.69) is 10.6 Å². The second-order valence-electron chi connectivity index (χ2n) is 21.1. The summed E-state index contributed by atoms with van der Waals surface area (Å²) in [5.74, 6) is -5.38. The van der Waals surface area contributed by atoms with Crippen molar-refractivity contribution in [2.45, 2.75) is 115 Å². The lowest BCUT2D eigenvalue weighted by Gasteiger charge is -2.29. The molecule has 21 heteroatoms. The van der Waals surface area contributed by atoms with Crippen molar-refractivity contribution in [1.29, 1.82) is 0 Å². The molecule has 4 unspecified atom stereocenters. The first-order valence-electron chi connectivity index (χ1n) is 23.8. The molecule has 4 saturated carbocycles. The standard InChI is InChI=1S/C22H27FN4O4.C14H12F2N2O3.C13H24N2O3/c1-10-18-15(20(29)13(21(30)31)7-27(18)12-2-3-12)17(24)16(23)19(10)26-6-11(9-28)14(8-26)22(25)4-5-22;1-5-9(15)10(16)11(17)8-12(5)18(6-2-3-6)4-7(13(8)19)14(20)21;1-12(2,3)18-11(17)15-13(4-5-13)10-7-14-6-9(10)8-16/h7,11-12,14,28H,2-6,8-9,24-25H2,1H3,(H,30,31);4,6H,2-3,17H2,1H3,(H,20,21);9-10,14,16H,4-8H2,1-3H3,(H,15,17). The normalized spacial score (nSPS) is 23.0. The molecule has 6 aliphatic rings. The molecule has 10 rings (SSSR count). The molecule has 0 spiro atoms. The first-order valence-corrected chi connectivity index (χ1v) is 23.8. The second-order valence-corrected chi connectivity index (χ2v) is 21.1. The van der Waals surface area contributed by atoms with E-state index in [0.29, 0.717) is 35.8 Å². The lowest BCUT2D eigenvalue weighted by molar-refractivity contribution is 0.0457. The zero-order valence-electron chi connectivity index (χ0n) is 40.0. The van der Waals surface area contributed by atoms with Crippen LogP contribution in [0.2, 0.25) is 0 Å². The van der Waals surface area contributed by atoms with Gasteiger partial charge in [-0.25, -0.2) is 27.6 Å². The summed E-state index contributed by atoms with van der Waals surface area (Å²) in [5.41, 5.74) is 15.1. The Hall–Kier alpha value is -5.90. The van der Waals surface area contributed by atoms with Crippen LogP contribution >= 0.6 is 0 Å². The predicted molar refractivity (Wildman–Crippen MR) is 256 cm³/mol. The number of aromatic nitrogens is 2. The van der Waals surface area contributed by atoms with Gasteiger partial charge in [-0.05, 0) is 91.5 Å². The summed E-state index contributed by atoms with van der Waals surface area (Å²) < 4.78 is 51.9. The number of nitrogens with two attached hydrogens (primary N) is 3. The minimum absolute atomic E-state index is 0.0193. The van der Waals surface area contributed by atoms with E-state index in [9.17, 15) is 48.1 Å². The fourth-order valence-corrected chi connectivity index (χ4v) is 10.7. The Balaban J connectivity index is 0.000000148. The average molecular weight is 981 g/mol. The van der Waals surface area contributed by atoms with Crippen molar-refractivity contribution < 1.29 is 52.7 Å². The van der Waals surface area contributed by atoms with Crippen molar-refractivity contribution in [3.8, 4) is 0 Å². The number of ether oxygens (including phenoxy) is 1. The molecule has 4 aliphatic carbocycles. The number of hydrogen-bond acceptors (Lipinski definition) is 13. The number of rotatable bonds is 10. The number of nitrogen functional groups attached to an aromatic ring is 2. The molecule has 0 bridgehead atoms. The Kier molecular flexibility index (Phi) is 13.2.